The number of halogens is 1. The fourth-order valence-corrected chi connectivity index (χ4v) is 3.46. The molecule has 2 aromatic rings. The molecule has 0 aromatic heterocycles. The largest absolute Gasteiger partial charge is 0.375 e. The van der Waals surface area contributed by atoms with Crippen LogP contribution in [0.5, 0.6) is 0 Å². The molecule has 30 heavy (non-hydrogen) atoms. The summed E-state index contributed by atoms with van der Waals surface area (Å²) in [4.78, 5) is 38.7. The van der Waals surface area contributed by atoms with E-state index < -0.39 is 11.9 Å². The van der Waals surface area contributed by atoms with Crippen molar-refractivity contribution in [3.8, 4) is 0 Å². The van der Waals surface area contributed by atoms with Gasteiger partial charge in [-0.15, -0.1) is 0 Å². The smallest absolute Gasteiger partial charge is 0.321 e. The average Bonchev–Trinajstić information content (AvgIpc) is 2.77. The van der Waals surface area contributed by atoms with E-state index in [4.69, 9.17) is 11.6 Å². The van der Waals surface area contributed by atoms with Crippen molar-refractivity contribution in [2.45, 2.75) is 25.8 Å². The maximum atomic E-state index is 12.9. The Balaban J connectivity index is 1.54. The standard InChI is InChI=1S/C22H25ClN4O3/c23-17-9-10-18(21(29)27-11-5-2-6-12-27)19(13-17)24-15-20(28)26-22(30)25-14-16-7-3-1-4-8-16/h1,3-4,7-10,13,24H,2,5-6,11-12,14-15H2,(H2,25,26,28,30). The van der Waals surface area contributed by atoms with E-state index in [0.717, 1.165) is 37.9 Å². The van der Waals surface area contributed by atoms with Gasteiger partial charge in [-0.3, -0.25) is 14.9 Å². The Hall–Kier alpha value is -3.06. The summed E-state index contributed by atoms with van der Waals surface area (Å²) in [5, 5.41) is 8.28. The van der Waals surface area contributed by atoms with E-state index in [1.807, 2.05) is 35.2 Å². The summed E-state index contributed by atoms with van der Waals surface area (Å²) in [6.45, 7) is 1.60. The van der Waals surface area contributed by atoms with Gasteiger partial charge in [0.05, 0.1) is 12.1 Å². The second-order valence-corrected chi connectivity index (χ2v) is 7.55. The van der Waals surface area contributed by atoms with Gasteiger partial charge in [0, 0.05) is 30.3 Å². The van der Waals surface area contributed by atoms with Crippen molar-refractivity contribution in [2.75, 3.05) is 25.0 Å². The molecule has 2 aromatic carbocycles. The third kappa shape index (κ3) is 6.22. The molecule has 1 aliphatic heterocycles. The number of imide groups is 1. The Morgan fingerprint density at radius 3 is 2.43 bits per heavy atom. The molecule has 0 saturated carbocycles. The second-order valence-electron chi connectivity index (χ2n) is 7.11. The topological polar surface area (TPSA) is 90.5 Å². The highest BCUT2D eigenvalue weighted by atomic mass is 35.5. The van der Waals surface area contributed by atoms with Crippen molar-refractivity contribution in [2.24, 2.45) is 0 Å². The number of amides is 4. The molecule has 1 aliphatic rings. The van der Waals surface area contributed by atoms with Crippen molar-refractivity contribution in [1.29, 1.82) is 0 Å². The number of piperidine rings is 1. The number of carbonyl (C=O) groups is 3. The van der Waals surface area contributed by atoms with Crippen molar-refractivity contribution in [1.82, 2.24) is 15.5 Å². The first-order valence-corrected chi connectivity index (χ1v) is 10.3. The van der Waals surface area contributed by atoms with Crippen molar-refractivity contribution in [3.63, 3.8) is 0 Å². The molecular weight excluding hydrogens is 404 g/mol. The number of hydrogen-bond donors (Lipinski definition) is 3. The fourth-order valence-electron chi connectivity index (χ4n) is 3.29. The molecular formula is C22H25ClN4O3. The van der Waals surface area contributed by atoms with Crippen LogP contribution in [-0.2, 0) is 11.3 Å². The maximum Gasteiger partial charge on any atom is 0.321 e. The van der Waals surface area contributed by atoms with Crippen molar-refractivity contribution in [3.05, 3.63) is 64.7 Å². The SMILES string of the molecule is O=C(CNc1cc(Cl)ccc1C(=O)N1CCCCC1)NC(=O)NCc1ccccc1. The quantitative estimate of drug-likeness (QED) is 0.657. The predicted octanol–water partition coefficient (Wildman–Crippen LogP) is 3.40. The molecule has 0 radical (unpaired) electrons. The lowest BCUT2D eigenvalue weighted by Gasteiger charge is -2.27. The molecule has 7 nitrogen and oxygen atoms in total. The minimum Gasteiger partial charge on any atom is -0.375 e. The van der Waals surface area contributed by atoms with Crippen molar-refractivity contribution >= 4 is 35.1 Å². The van der Waals surface area contributed by atoms with Gasteiger partial charge >= 0.3 is 6.03 Å². The lowest BCUT2D eigenvalue weighted by molar-refractivity contribution is -0.118. The minimum atomic E-state index is -0.582. The third-order valence-electron chi connectivity index (χ3n) is 4.84. The van der Waals surface area contributed by atoms with E-state index in [0.29, 0.717) is 22.8 Å². The molecule has 0 spiro atoms. The van der Waals surface area contributed by atoms with Gasteiger partial charge in [0.2, 0.25) is 5.91 Å². The maximum absolute atomic E-state index is 12.9. The minimum absolute atomic E-state index is 0.0881. The van der Waals surface area contributed by atoms with Gasteiger partial charge in [-0.25, -0.2) is 4.79 Å². The Morgan fingerprint density at radius 1 is 0.967 bits per heavy atom. The number of nitrogens with one attached hydrogen (secondary N) is 3. The number of carbonyl (C=O) groups excluding carboxylic acids is 3. The molecule has 0 aliphatic carbocycles. The molecule has 3 rings (SSSR count). The van der Waals surface area contributed by atoms with Gasteiger partial charge in [0.25, 0.3) is 5.91 Å². The van der Waals surface area contributed by atoms with Crippen LogP contribution in [0.25, 0.3) is 0 Å². The van der Waals surface area contributed by atoms with Crippen LogP contribution in [0.4, 0.5) is 10.5 Å². The molecule has 158 valence electrons. The first-order chi connectivity index (χ1) is 14.5. The van der Waals surface area contributed by atoms with Crippen LogP contribution in [0.3, 0.4) is 0 Å². The Labute approximate surface area is 180 Å². The normalized spacial score (nSPS) is 13.4. The van der Waals surface area contributed by atoms with E-state index >= 15 is 0 Å². The summed E-state index contributed by atoms with van der Waals surface area (Å²) in [5.74, 6) is -0.605. The summed E-state index contributed by atoms with van der Waals surface area (Å²) in [6, 6.07) is 13.7. The van der Waals surface area contributed by atoms with Gasteiger partial charge in [-0.05, 0) is 43.0 Å². The van der Waals surface area contributed by atoms with Crippen LogP contribution < -0.4 is 16.0 Å². The van der Waals surface area contributed by atoms with Crippen LogP contribution in [0, 0.1) is 0 Å². The number of benzene rings is 2. The van der Waals surface area contributed by atoms with Crippen LogP contribution >= 0.6 is 11.6 Å². The van der Waals surface area contributed by atoms with Gasteiger partial charge in [0.15, 0.2) is 0 Å². The molecule has 3 N–H and O–H groups in total. The highest BCUT2D eigenvalue weighted by Crippen LogP contribution is 2.24. The summed E-state index contributed by atoms with van der Waals surface area (Å²) < 4.78 is 0. The first-order valence-electron chi connectivity index (χ1n) is 9.97. The number of likely N-dealkylation sites (tertiary alicyclic amines) is 1. The lowest BCUT2D eigenvalue weighted by atomic mass is 10.1. The zero-order valence-corrected chi connectivity index (χ0v) is 17.4. The zero-order chi connectivity index (χ0) is 21.3. The number of rotatable bonds is 6. The van der Waals surface area contributed by atoms with E-state index in [9.17, 15) is 14.4 Å². The fraction of sp³-hybridized carbons (Fsp3) is 0.318. The molecule has 8 heteroatoms. The highest BCUT2D eigenvalue weighted by Gasteiger charge is 2.21. The van der Waals surface area contributed by atoms with Crippen LogP contribution in [-0.4, -0.2) is 42.4 Å². The van der Waals surface area contributed by atoms with Crippen LogP contribution in [0.2, 0.25) is 5.02 Å². The van der Waals surface area contributed by atoms with E-state index in [-0.39, 0.29) is 12.5 Å². The summed E-state index contributed by atoms with van der Waals surface area (Å²) >= 11 is 6.08. The van der Waals surface area contributed by atoms with Gasteiger partial charge in [0.1, 0.15) is 0 Å². The second kappa shape index (κ2) is 10.6. The zero-order valence-electron chi connectivity index (χ0n) is 16.6. The summed E-state index contributed by atoms with van der Waals surface area (Å²) in [7, 11) is 0. The van der Waals surface area contributed by atoms with Crippen molar-refractivity contribution < 1.29 is 14.4 Å². The van der Waals surface area contributed by atoms with Crippen LogP contribution in [0.15, 0.2) is 48.5 Å². The van der Waals surface area contributed by atoms with Gasteiger partial charge in [-0.1, -0.05) is 41.9 Å². The number of urea groups is 1. The molecule has 0 bridgehead atoms. The molecule has 1 heterocycles. The Bertz CT molecular complexity index is 899. The number of anilines is 1. The molecule has 1 fully saturated rings. The van der Waals surface area contributed by atoms with Gasteiger partial charge in [-0.2, -0.15) is 0 Å². The molecule has 0 atom stereocenters. The number of nitrogens with zero attached hydrogens (tertiary/aromatic N) is 1. The first kappa shape index (κ1) is 21.6. The Kier molecular flexibility index (Phi) is 7.68. The molecule has 1 saturated heterocycles. The summed E-state index contributed by atoms with van der Waals surface area (Å²) in [5.41, 5.74) is 1.86. The van der Waals surface area contributed by atoms with E-state index in [2.05, 4.69) is 16.0 Å². The molecule has 4 amide bonds. The van der Waals surface area contributed by atoms with Gasteiger partial charge < -0.3 is 15.5 Å². The van der Waals surface area contributed by atoms with Crippen LogP contribution in [0.1, 0.15) is 35.2 Å². The highest BCUT2D eigenvalue weighted by molar-refractivity contribution is 6.31. The lowest BCUT2D eigenvalue weighted by Crippen LogP contribution is -2.41. The monoisotopic (exact) mass is 428 g/mol. The molecule has 0 unspecified atom stereocenters. The Morgan fingerprint density at radius 2 is 1.70 bits per heavy atom. The van der Waals surface area contributed by atoms with E-state index in [1.54, 1.807) is 18.2 Å². The van der Waals surface area contributed by atoms with E-state index in [1.165, 1.54) is 0 Å². The summed E-state index contributed by atoms with van der Waals surface area (Å²) in [6.07, 6.45) is 3.10. The predicted molar refractivity (Wildman–Crippen MR) is 117 cm³/mol. The number of hydrogen-bond acceptors (Lipinski definition) is 4. The third-order valence-corrected chi connectivity index (χ3v) is 5.08. The average molecular weight is 429 g/mol.